The fraction of sp³-hybridized carbons (Fsp3) is 0.571. The van der Waals surface area contributed by atoms with E-state index in [0.717, 1.165) is 12.5 Å². The maximum absolute atomic E-state index is 13.4. The summed E-state index contributed by atoms with van der Waals surface area (Å²) in [5.74, 6) is -1.19. The molecule has 0 fully saturated rings. The van der Waals surface area contributed by atoms with Gasteiger partial charge in [-0.25, -0.2) is 8.78 Å². The third kappa shape index (κ3) is 4.61. The Balaban J connectivity index is 2.52. The quantitative estimate of drug-likeness (QED) is 0.842. The van der Waals surface area contributed by atoms with Crippen molar-refractivity contribution in [1.82, 2.24) is 5.32 Å². The highest BCUT2D eigenvalue weighted by Gasteiger charge is 2.16. The summed E-state index contributed by atoms with van der Waals surface area (Å²) in [5.41, 5.74) is 0.0267. The first-order valence-electron chi connectivity index (χ1n) is 6.21. The minimum Gasteiger partial charge on any atom is -0.486 e. The van der Waals surface area contributed by atoms with Crippen molar-refractivity contribution >= 4 is 0 Å². The van der Waals surface area contributed by atoms with Gasteiger partial charge in [-0.05, 0) is 39.3 Å². The summed E-state index contributed by atoms with van der Waals surface area (Å²) in [6.45, 7) is 8.74. The van der Waals surface area contributed by atoms with Gasteiger partial charge in [0, 0.05) is 18.2 Å². The summed E-state index contributed by atoms with van der Waals surface area (Å²) in [7, 11) is 0. The number of ether oxygens (including phenoxy) is 1. The second-order valence-corrected chi connectivity index (χ2v) is 5.12. The molecule has 0 bridgehead atoms. The Hall–Kier alpha value is -1.16. The lowest BCUT2D eigenvalue weighted by Crippen LogP contribution is -2.43. The Kier molecular flexibility index (Phi) is 5.08. The van der Waals surface area contributed by atoms with Crippen LogP contribution >= 0.6 is 0 Å². The summed E-state index contributed by atoms with van der Waals surface area (Å²) in [4.78, 5) is 0. The van der Waals surface area contributed by atoms with Gasteiger partial charge in [0.05, 0.1) is 0 Å². The van der Waals surface area contributed by atoms with E-state index in [4.69, 9.17) is 4.74 Å². The summed E-state index contributed by atoms with van der Waals surface area (Å²) in [6.07, 6.45) is 0.806. The second-order valence-electron chi connectivity index (χ2n) is 5.12. The Morgan fingerprint density at radius 1 is 1.33 bits per heavy atom. The molecule has 4 heteroatoms. The van der Waals surface area contributed by atoms with Crippen LogP contribution < -0.4 is 10.1 Å². The number of rotatable bonds is 6. The van der Waals surface area contributed by atoms with E-state index >= 15 is 0 Å². The van der Waals surface area contributed by atoms with Gasteiger partial charge in [0.25, 0.3) is 0 Å². The molecular formula is C14H21F2NO. The summed E-state index contributed by atoms with van der Waals surface area (Å²) >= 11 is 0. The lowest BCUT2D eigenvalue weighted by atomic mass is 10.0. The van der Waals surface area contributed by atoms with Crippen molar-refractivity contribution in [1.29, 1.82) is 0 Å². The van der Waals surface area contributed by atoms with Gasteiger partial charge in [0.2, 0.25) is 0 Å². The molecule has 1 N–H and O–H groups in total. The van der Waals surface area contributed by atoms with Crippen LogP contribution in [0.3, 0.4) is 0 Å². The van der Waals surface area contributed by atoms with Crippen molar-refractivity contribution in [2.45, 2.75) is 45.8 Å². The monoisotopic (exact) mass is 257 g/mol. The van der Waals surface area contributed by atoms with E-state index in [-0.39, 0.29) is 17.4 Å². The molecule has 0 spiro atoms. The minimum absolute atomic E-state index is 0.0267. The number of benzene rings is 1. The van der Waals surface area contributed by atoms with Gasteiger partial charge < -0.3 is 10.1 Å². The van der Waals surface area contributed by atoms with E-state index in [1.54, 1.807) is 0 Å². The van der Waals surface area contributed by atoms with Crippen LogP contribution in [0, 0.1) is 11.6 Å². The van der Waals surface area contributed by atoms with Crippen molar-refractivity contribution in [3.63, 3.8) is 0 Å². The van der Waals surface area contributed by atoms with Crippen LogP contribution in [0.4, 0.5) is 8.78 Å². The Morgan fingerprint density at radius 3 is 2.56 bits per heavy atom. The van der Waals surface area contributed by atoms with Gasteiger partial charge in [-0.15, -0.1) is 0 Å². The summed E-state index contributed by atoms with van der Waals surface area (Å²) in [6, 6.07) is 3.33. The number of hydrogen-bond donors (Lipinski definition) is 1. The van der Waals surface area contributed by atoms with E-state index < -0.39 is 11.6 Å². The molecule has 0 saturated heterocycles. The first-order chi connectivity index (χ1) is 8.34. The molecule has 0 radical (unpaired) electrons. The third-order valence-electron chi connectivity index (χ3n) is 2.97. The van der Waals surface area contributed by atoms with Crippen LogP contribution in [0.25, 0.3) is 0 Å². The van der Waals surface area contributed by atoms with Crippen molar-refractivity contribution in [2.24, 2.45) is 0 Å². The lowest BCUT2D eigenvalue weighted by Gasteiger charge is -2.27. The van der Waals surface area contributed by atoms with Gasteiger partial charge in [-0.2, -0.15) is 0 Å². The topological polar surface area (TPSA) is 21.3 Å². The fourth-order valence-corrected chi connectivity index (χ4v) is 1.37. The van der Waals surface area contributed by atoms with Gasteiger partial charge in [-0.1, -0.05) is 6.92 Å². The predicted molar refractivity (Wildman–Crippen MR) is 68.8 cm³/mol. The van der Waals surface area contributed by atoms with Crippen molar-refractivity contribution in [3.05, 3.63) is 29.8 Å². The first-order valence-corrected chi connectivity index (χ1v) is 6.21. The van der Waals surface area contributed by atoms with Crippen molar-refractivity contribution in [3.8, 4) is 5.75 Å². The van der Waals surface area contributed by atoms with Crippen molar-refractivity contribution < 1.29 is 13.5 Å². The van der Waals surface area contributed by atoms with Crippen LogP contribution in [0.5, 0.6) is 5.75 Å². The van der Waals surface area contributed by atoms with Crippen LogP contribution in [0.2, 0.25) is 0 Å². The maximum atomic E-state index is 13.4. The number of hydrogen-bond acceptors (Lipinski definition) is 2. The highest BCUT2D eigenvalue weighted by molar-refractivity contribution is 5.24. The summed E-state index contributed by atoms with van der Waals surface area (Å²) < 4.78 is 31.5. The zero-order valence-electron chi connectivity index (χ0n) is 11.4. The van der Waals surface area contributed by atoms with Crippen LogP contribution in [0.1, 0.15) is 34.1 Å². The third-order valence-corrected chi connectivity index (χ3v) is 2.97. The minimum atomic E-state index is -0.670. The SMILES string of the molecule is CCC(C)(C)NCC(C)Oc1ccc(F)cc1F. The Bertz CT molecular complexity index is 393. The Labute approximate surface area is 107 Å². The normalized spacial score (nSPS) is 13.4. The van der Waals surface area contributed by atoms with Crippen molar-refractivity contribution in [2.75, 3.05) is 6.54 Å². The smallest absolute Gasteiger partial charge is 0.167 e. The number of halogens is 2. The van der Waals surface area contributed by atoms with Gasteiger partial charge >= 0.3 is 0 Å². The molecule has 1 aromatic rings. The average molecular weight is 257 g/mol. The van der Waals surface area contributed by atoms with E-state index in [9.17, 15) is 8.78 Å². The molecule has 0 aliphatic rings. The average Bonchev–Trinajstić information content (AvgIpc) is 2.30. The molecule has 0 aromatic heterocycles. The van der Waals surface area contributed by atoms with E-state index in [0.29, 0.717) is 6.54 Å². The van der Waals surface area contributed by atoms with Gasteiger partial charge in [0.15, 0.2) is 11.6 Å². The highest BCUT2D eigenvalue weighted by Crippen LogP contribution is 2.19. The predicted octanol–water partition coefficient (Wildman–Crippen LogP) is 3.51. The molecule has 18 heavy (non-hydrogen) atoms. The molecule has 1 rings (SSSR count). The Morgan fingerprint density at radius 2 is 2.00 bits per heavy atom. The highest BCUT2D eigenvalue weighted by atomic mass is 19.1. The molecule has 0 amide bonds. The first kappa shape index (κ1) is 14.9. The number of nitrogens with one attached hydrogen (secondary N) is 1. The largest absolute Gasteiger partial charge is 0.486 e. The molecule has 0 heterocycles. The van der Waals surface area contributed by atoms with Gasteiger partial charge in [0.1, 0.15) is 11.9 Å². The van der Waals surface area contributed by atoms with E-state index in [1.807, 2.05) is 6.92 Å². The van der Waals surface area contributed by atoms with E-state index in [2.05, 4.69) is 26.1 Å². The fourth-order valence-electron chi connectivity index (χ4n) is 1.37. The van der Waals surface area contributed by atoms with Crippen LogP contribution in [-0.2, 0) is 0 Å². The van der Waals surface area contributed by atoms with Crippen LogP contribution in [-0.4, -0.2) is 18.2 Å². The second kappa shape index (κ2) is 6.14. The molecule has 0 aliphatic carbocycles. The lowest BCUT2D eigenvalue weighted by molar-refractivity contribution is 0.191. The zero-order valence-corrected chi connectivity index (χ0v) is 11.4. The molecule has 0 aliphatic heterocycles. The molecule has 1 unspecified atom stereocenters. The molecule has 2 nitrogen and oxygen atoms in total. The maximum Gasteiger partial charge on any atom is 0.167 e. The summed E-state index contributed by atoms with van der Waals surface area (Å²) in [5, 5.41) is 3.34. The standard InChI is InChI=1S/C14H21F2NO/c1-5-14(3,4)17-9-10(2)18-13-7-6-11(15)8-12(13)16/h6-8,10,17H,5,9H2,1-4H3. The molecule has 102 valence electrons. The van der Waals surface area contributed by atoms with Gasteiger partial charge in [-0.3, -0.25) is 0 Å². The molecule has 1 atom stereocenters. The zero-order chi connectivity index (χ0) is 13.8. The van der Waals surface area contributed by atoms with Crippen LogP contribution in [0.15, 0.2) is 18.2 Å². The molecule has 1 aromatic carbocycles. The molecule has 0 saturated carbocycles. The van der Waals surface area contributed by atoms with E-state index in [1.165, 1.54) is 12.1 Å². The molecular weight excluding hydrogens is 236 g/mol.